The van der Waals surface area contributed by atoms with Gasteiger partial charge in [0, 0.05) is 0 Å². The van der Waals surface area contributed by atoms with Crippen LogP contribution < -0.4 is 103 Å². The topological polar surface area (TPSA) is 114 Å². The maximum atomic E-state index is 0. The van der Waals surface area contributed by atoms with Crippen molar-refractivity contribution < 1.29 is 144 Å². The fourth-order valence-electron chi connectivity index (χ4n) is 0. The monoisotopic (exact) mass is 244 g/mol. The van der Waals surface area contributed by atoms with Crippen molar-refractivity contribution in [3.05, 3.63) is 0 Å². The molecule has 0 aromatic rings. The Hall–Kier alpha value is 3.74. The molecule has 0 aliphatic carbocycles. The fourth-order valence-corrected chi connectivity index (χ4v) is 0. The maximum absolute atomic E-state index is 0. The molecule has 0 N–H and O–H groups in total. The van der Waals surface area contributed by atoms with Gasteiger partial charge in [0.05, 0.1) is 0 Å². The van der Waals surface area contributed by atoms with Gasteiger partial charge in [-0.05, 0) is 0 Å². The SMILES string of the molecule is [K+].[K+].[O-2].[O-2].[O-2].[O-2].[Ru+6]. The Balaban J connectivity index is 0. The van der Waals surface area contributed by atoms with E-state index in [0.29, 0.717) is 0 Å². The van der Waals surface area contributed by atoms with Crippen LogP contribution in [0.2, 0.25) is 0 Å². The number of rotatable bonds is 0. The van der Waals surface area contributed by atoms with Crippen LogP contribution in [0.25, 0.3) is 0 Å². The van der Waals surface area contributed by atoms with Crippen LogP contribution in [-0.4, -0.2) is 0 Å². The molecule has 34 valence electrons. The molecule has 0 fully saturated rings. The third-order valence-electron chi connectivity index (χ3n) is 0. The molecule has 0 amide bonds. The van der Waals surface area contributed by atoms with Crippen molar-refractivity contribution in [1.82, 2.24) is 0 Å². The first kappa shape index (κ1) is 72.9. The van der Waals surface area contributed by atoms with E-state index in [1.807, 2.05) is 0 Å². The van der Waals surface area contributed by atoms with E-state index in [9.17, 15) is 0 Å². The summed E-state index contributed by atoms with van der Waals surface area (Å²) in [4.78, 5) is 0. The molecule has 0 heterocycles. The molecule has 0 bridgehead atoms. The second-order valence-corrected chi connectivity index (χ2v) is 0. The van der Waals surface area contributed by atoms with Gasteiger partial charge >= 0.3 is 122 Å². The molecule has 0 aliphatic heterocycles. The van der Waals surface area contributed by atoms with Gasteiger partial charge in [-0.15, -0.1) is 0 Å². The molecule has 0 spiro atoms. The summed E-state index contributed by atoms with van der Waals surface area (Å²) in [5.41, 5.74) is 0. The van der Waals surface area contributed by atoms with E-state index in [1.165, 1.54) is 0 Å². The summed E-state index contributed by atoms with van der Waals surface area (Å²) in [5, 5.41) is 0. The molecule has 0 aliphatic rings. The zero-order chi connectivity index (χ0) is 0. The van der Waals surface area contributed by atoms with Gasteiger partial charge in [0.15, 0.2) is 0 Å². The molecule has 0 rings (SSSR count). The molecule has 0 aromatic carbocycles. The van der Waals surface area contributed by atoms with Crippen molar-refractivity contribution in [3.8, 4) is 0 Å². The summed E-state index contributed by atoms with van der Waals surface area (Å²) in [6.45, 7) is 0. The largest absolute Gasteiger partial charge is 6.00 e. The van der Waals surface area contributed by atoms with Gasteiger partial charge in [-0.25, -0.2) is 0 Å². The van der Waals surface area contributed by atoms with Crippen LogP contribution in [0.15, 0.2) is 0 Å². The van der Waals surface area contributed by atoms with Crippen LogP contribution in [0, 0.1) is 0 Å². The summed E-state index contributed by atoms with van der Waals surface area (Å²) in [7, 11) is 0. The second kappa shape index (κ2) is 53.2. The van der Waals surface area contributed by atoms with Crippen LogP contribution in [-0.2, 0) is 41.4 Å². The average Bonchev–Trinajstić information content (AvgIpc) is 0. The molecule has 0 saturated heterocycles. The van der Waals surface area contributed by atoms with Crippen molar-refractivity contribution in [3.63, 3.8) is 0 Å². The van der Waals surface area contributed by atoms with E-state index in [4.69, 9.17) is 0 Å². The van der Waals surface area contributed by atoms with Crippen molar-refractivity contribution in [2.75, 3.05) is 0 Å². The van der Waals surface area contributed by atoms with Crippen LogP contribution in [0.3, 0.4) is 0 Å². The standard InChI is InChI=1S/2K.4O.Ru/q2*+1;4*-2;+6. The summed E-state index contributed by atoms with van der Waals surface area (Å²) < 4.78 is 0. The van der Waals surface area contributed by atoms with E-state index >= 15 is 0 Å². The van der Waals surface area contributed by atoms with Crippen molar-refractivity contribution in [2.45, 2.75) is 0 Å². The zero-order valence-corrected chi connectivity index (χ0v) is 12.0. The Labute approximate surface area is 140 Å². The molecule has 7 heavy (non-hydrogen) atoms. The second-order valence-electron chi connectivity index (χ2n) is 0. The molecule has 0 radical (unpaired) electrons. The Morgan fingerprint density at radius 3 is 0.429 bits per heavy atom. The van der Waals surface area contributed by atoms with Gasteiger partial charge in [0.1, 0.15) is 0 Å². The minimum absolute atomic E-state index is 0. The molecular weight excluding hydrogens is 243 g/mol. The van der Waals surface area contributed by atoms with Gasteiger partial charge < -0.3 is 21.9 Å². The van der Waals surface area contributed by atoms with E-state index < -0.39 is 0 Å². The van der Waals surface area contributed by atoms with E-state index in [1.54, 1.807) is 0 Å². The first-order chi connectivity index (χ1) is 0. The van der Waals surface area contributed by atoms with Crippen molar-refractivity contribution in [2.24, 2.45) is 0 Å². The quantitative estimate of drug-likeness (QED) is 0.376. The van der Waals surface area contributed by atoms with Gasteiger partial charge in [-0.3, -0.25) is 0 Å². The first-order valence-corrected chi connectivity index (χ1v) is 0. The van der Waals surface area contributed by atoms with Gasteiger partial charge in [-0.1, -0.05) is 0 Å². The normalized spacial score (nSPS) is 0. The minimum Gasteiger partial charge on any atom is -2.00 e. The smallest absolute Gasteiger partial charge is 2.00 e. The summed E-state index contributed by atoms with van der Waals surface area (Å²) in [6.07, 6.45) is 0. The molecule has 0 atom stereocenters. The average molecular weight is 243 g/mol. The molecular formula is K2O4Ru. The Kier molecular flexibility index (Phi) is 554. The van der Waals surface area contributed by atoms with Crippen molar-refractivity contribution in [1.29, 1.82) is 0 Å². The van der Waals surface area contributed by atoms with Crippen LogP contribution >= 0.6 is 0 Å². The molecule has 0 unspecified atom stereocenters. The fraction of sp³-hybridized carbons (Fsp3) is 0. The third kappa shape index (κ3) is 41.7. The Bertz CT molecular complexity index is 9.65. The maximum Gasteiger partial charge on any atom is 6.00 e. The zero-order valence-electron chi connectivity index (χ0n) is 3.99. The van der Waals surface area contributed by atoms with E-state index in [0.717, 1.165) is 0 Å². The summed E-state index contributed by atoms with van der Waals surface area (Å²) >= 11 is 0. The molecule has 7 heteroatoms. The molecule has 4 nitrogen and oxygen atoms in total. The Morgan fingerprint density at radius 1 is 0.429 bits per heavy atom. The molecule has 0 aromatic heterocycles. The third-order valence-corrected chi connectivity index (χ3v) is 0. The van der Waals surface area contributed by atoms with Crippen LogP contribution in [0.4, 0.5) is 0 Å². The van der Waals surface area contributed by atoms with E-state index in [2.05, 4.69) is 0 Å². The van der Waals surface area contributed by atoms with Gasteiger partial charge in [-0.2, -0.15) is 0 Å². The van der Waals surface area contributed by atoms with Gasteiger partial charge in [0.25, 0.3) is 0 Å². The predicted octanol–water partition coefficient (Wildman–Crippen LogP) is -6.47. The summed E-state index contributed by atoms with van der Waals surface area (Å²) in [5.74, 6) is 0. The molecule has 0 saturated carbocycles. The van der Waals surface area contributed by atoms with Crippen LogP contribution in [0.1, 0.15) is 0 Å². The van der Waals surface area contributed by atoms with Crippen molar-refractivity contribution >= 4 is 0 Å². The first-order valence-electron chi connectivity index (χ1n) is 0. The Morgan fingerprint density at radius 2 is 0.429 bits per heavy atom. The predicted molar refractivity (Wildman–Crippen MR) is 2.75 cm³/mol. The van der Waals surface area contributed by atoms with E-state index in [-0.39, 0.29) is 144 Å². The number of hydrogen-bond acceptors (Lipinski definition) is 0. The summed E-state index contributed by atoms with van der Waals surface area (Å²) in [6, 6.07) is 0. The van der Waals surface area contributed by atoms with Crippen LogP contribution in [0.5, 0.6) is 0 Å². The minimum atomic E-state index is 0. The number of hydrogen-bond donors (Lipinski definition) is 0. The van der Waals surface area contributed by atoms with Gasteiger partial charge in [0.2, 0.25) is 0 Å².